The van der Waals surface area contributed by atoms with E-state index in [2.05, 4.69) is 18.8 Å². The third-order valence-corrected chi connectivity index (χ3v) is 2.48. The average Bonchev–Trinajstić information content (AvgIpc) is 2.25. The first-order chi connectivity index (χ1) is 7.35. The van der Waals surface area contributed by atoms with Crippen LogP contribution >= 0.6 is 0 Å². The summed E-state index contributed by atoms with van der Waals surface area (Å²) in [7, 11) is 0. The Hall–Kier alpha value is -0.340. The summed E-state index contributed by atoms with van der Waals surface area (Å²) in [6.45, 7) is 10.6. The van der Waals surface area contributed by atoms with Gasteiger partial charge in [-0.3, -0.25) is 0 Å². The Morgan fingerprint density at radius 2 is 2.07 bits per heavy atom. The topological polar surface area (TPSA) is 21.3 Å². The molecule has 0 aliphatic heterocycles. The molecule has 0 bridgehead atoms. The number of nitrogens with one attached hydrogen (secondary N) is 1. The molecule has 0 saturated heterocycles. The molecule has 0 heterocycles. The number of hydrogen-bond donors (Lipinski definition) is 1. The van der Waals surface area contributed by atoms with E-state index in [4.69, 9.17) is 4.74 Å². The number of likely N-dealkylation sites (N-methyl/N-ethyl adjacent to an activating group) is 1. The van der Waals surface area contributed by atoms with Gasteiger partial charge < -0.3 is 10.1 Å². The summed E-state index contributed by atoms with van der Waals surface area (Å²) < 4.78 is 5.45. The highest BCUT2D eigenvalue weighted by Crippen LogP contribution is 2.06. The Morgan fingerprint density at radius 1 is 1.27 bits per heavy atom. The maximum Gasteiger partial charge on any atom is 0.0619 e. The van der Waals surface area contributed by atoms with E-state index in [0.717, 1.165) is 26.2 Å². The van der Waals surface area contributed by atoms with Gasteiger partial charge in [-0.05, 0) is 32.7 Å². The Morgan fingerprint density at radius 3 is 2.67 bits per heavy atom. The summed E-state index contributed by atoms with van der Waals surface area (Å²) >= 11 is 0. The van der Waals surface area contributed by atoms with E-state index in [1.807, 2.05) is 13.0 Å². The molecular weight excluding hydrogens is 186 g/mol. The zero-order chi connectivity index (χ0) is 11.4. The van der Waals surface area contributed by atoms with Crippen molar-refractivity contribution in [3.05, 3.63) is 12.7 Å². The lowest BCUT2D eigenvalue weighted by Crippen LogP contribution is -2.33. The second-order valence-corrected chi connectivity index (χ2v) is 3.84. The number of hydrogen-bond acceptors (Lipinski definition) is 2. The van der Waals surface area contributed by atoms with Crippen LogP contribution in [-0.4, -0.2) is 25.8 Å². The van der Waals surface area contributed by atoms with E-state index in [9.17, 15) is 0 Å². The van der Waals surface area contributed by atoms with Crippen LogP contribution in [0.3, 0.4) is 0 Å². The van der Waals surface area contributed by atoms with Crippen LogP contribution in [0.25, 0.3) is 0 Å². The second-order valence-electron chi connectivity index (χ2n) is 3.84. The average molecular weight is 213 g/mol. The molecule has 0 radical (unpaired) electrons. The van der Waals surface area contributed by atoms with Gasteiger partial charge in [-0.2, -0.15) is 0 Å². The molecule has 0 rings (SSSR count). The Kier molecular flexibility index (Phi) is 11.5. The van der Waals surface area contributed by atoms with Gasteiger partial charge in [0.05, 0.1) is 6.61 Å². The zero-order valence-corrected chi connectivity index (χ0v) is 10.4. The van der Waals surface area contributed by atoms with Crippen LogP contribution < -0.4 is 5.32 Å². The van der Waals surface area contributed by atoms with E-state index in [0.29, 0.717) is 6.04 Å². The fourth-order valence-electron chi connectivity index (χ4n) is 1.65. The van der Waals surface area contributed by atoms with Crippen molar-refractivity contribution in [1.82, 2.24) is 5.32 Å². The largest absolute Gasteiger partial charge is 0.380 e. The lowest BCUT2D eigenvalue weighted by atomic mass is 10.1. The summed E-state index contributed by atoms with van der Waals surface area (Å²) in [5, 5.41) is 3.46. The van der Waals surface area contributed by atoms with Crippen LogP contribution in [0.1, 0.15) is 46.0 Å². The van der Waals surface area contributed by atoms with E-state index < -0.39 is 0 Å². The maximum atomic E-state index is 5.45. The van der Waals surface area contributed by atoms with Crippen molar-refractivity contribution in [2.45, 2.75) is 52.0 Å². The highest BCUT2D eigenvalue weighted by Gasteiger charge is 2.05. The first-order valence-corrected chi connectivity index (χ1v) is 6.27. The van der Waals surface area contributed by atoms with Crippen LogP contribution in [0, 0.1) is 0 Å². The van der Waals surface area contributed by atoms with Gasteiger partial charge >= 0.3 is 0 Å². The van der Waals surface area contributed by atoms with Gasteiger partial charge in [0.2, 0.25) is 0 Å². The van der Waals surface area contributed by atoms with E-state index in [-0.39, 0.29) is 0 Å². The molecule has 0 amide bonds. The summed E-state index contributed by atoms with van der Waals surface area (Å²) in [5.74, 6) is 0. The summed E-state index contributed by atoms with van der Waals surface area (Å²) in [6.07, 6.45) is 8.25. The van der Waals surface area contributed by atoms with Crippen LogP contribution in [-0.2, 0) is 4.74 Å². The predicted molar refractivity (Wildman–Crippen MR) is 67.2 cm³/mol. The van der Waals surface area contributed by atoms with Crippen molar-refractivity contribution in [2.24, 2.45) is 0 Å². The van der Waals surface area contributed by atoms with E-state index in [1.165, 1.54) is 25.7 Å². The van der Waals surface area contributed by atoms with Crippen molar-refractivity contribution in [3.63, 3.8) is 0 Å². The minimum atomic E-state index is 0.540. The van der Waals surface area contributed by atoms with Gasteiger partial charge in [-0.25, -0.2) is 0 Å². The number of allylic oxidation sites excluding steroid dienone is 1. The van der Waals surface area contributed by atoms with Crippen LogP contribution in [0.4, 0.5) is 0 Å². The van der Waals surface area contributed by atoms with Gasteiger partial charge in [0, 0.05) is 12.6 Å². The molecule has 1 unspecified atom stereocenters. The minimum Gasteiger partial charge on any atom is -0.380 e. The van der Waals surface area contributed by atoms with Crippen LogP contribution in [0.2, 0.25) is 0 Å². The number of ether oxygens (including phenoxy) is 1. The first-order valence-electron chi connectivity index (χ1n) is 6.27. The molecular formula is C13H27NO. The number of unbranched alkanes of at least 4 members (excludes halogenated alkanes) is 3. The fraction of sp³-hybridized carbons (Fsp3) is 0.846. The molecule has 0 aromatic carbocycles. The van der Waals surface area contributed by atoms with Crippen molar-refractivity contribution in [3.8, 4) is 0 Å². The molecule has 1 atom stereocenters. The predicted octanol–water partition coefficient (Wildman–Crippen LogP) is 3.14. The van der Waals surface area contributed by atoms with Gasteiger partial charge in [-0.1, -0.05) is 25.8 Å². The highest BCUT2D eigenvalue weighted by molar-refractivity contribution is 4.68. The third kappa shape index (κ3) is 9.95. The molecule has 0 aromatic rings. The van der Waals surface area contributed by atoms with Gasteiger partial charge in [0.25, 0.3) is 0 Å². The molecule has 1 N–H and O–H groups in total. The van der Waals surface area contributed by atoms with Crippen molar-refractivity contribution in [1.29, 1.82) is 0 Å². The molecule has 0 aliphatic rings. The second kappa shape index (κ2) is 11.7. The smallest absolute Gasteiger partial charge is 0.0619 e. The molecule has 0 spiro atoms. The standard InChI is InChI=1S/C13H27NO/c1-4-7-8-9-10-11-13(14-5-2)12-15-6-3/h4,13-14H,1,5-12H2,2-3H3. The minimum absolute atomic E-state index is 0.540. The summed E-state index contributed by atoms with van der Waals surface area (Å²) in [6, 6.07) is 0.540. The van der Waals surface area contributed by atoms with E-state index >= 15 is 0 Å². The quantitative estimate of drug-likeness (QED) is 0.420. The Balaban J connectivity index is 3.42. The monoisotopic (exact) mass is 213 g/mol. The SMILES string of the molecule is C=CCCCCCC(COCC)NCC. The molecule has 0 aromatic heterocycles. The zero-order valence-electron chi connectivity index (χ0n) is 10.4. The van der Waals surface area contributed by atoms with Gasteiger partial charge in [-0.15, -0.1) is 6.58 Å². The lowest BCUT2D eigenvalue weighted by Gasteiger charge is -2.17. The van der Waals surface area contributed by atoms with Crippen LogP contribution in [0.5, 0.6) is 0 Å². The molecule has 0 aliphatic carbocycles. The molecule has 0 saturated carbocycles. The molecule has 15 heavy (non-hydrogen) atoms. The van der Waals surface area contributed by atoms with Crippen molar-refractivity contribution in [2.75, 3.05) is 19.8 Å². The Bertz CT molecular complexity index is 136. The van der Waals surface area contributed by atoms with Crippen molar-refractivity contribution >= 4 is 0 Å². The fourth-order valence-corrected chi connectivity index (χ4v) is 1.65. The van der Waals surface area contributed by atoms with Crippen LogP contribution in [0.15, 0.2) is 12.7 Å². The lowest BCUT2D eigenvalue weighted by molar-refractivity contribution is 0.119. The molecule has 90 valence electrons. The van der Waals surface area contributed by atoms with Gasteiger partial charge in [0.15, 0.2) is 0 Å². The summed E-state index contributed by atoms with van der Waals surface area (Å²) in [4.78, 5) is 0. The first kappa shape index (κ1) is 14.7. The molecule has 0 fully saturated rings. The normalized spacial score (nSPS) is 12.7. The maximum absolute atomic E-state index is 5.45. The van der Waals surface area contributed by atoms with Gasteiger partial charge in [0.1, 0.15) is 0 Å². The molecule has 2 heteroatoms. The molecule has 2 nitrogen and oxygen atoms in total. The van der Waals surface area contributed by atoms with E-state index in [1.54, 1.807) is 0 Å². The third-order valence-electron chi connectivity index (χ3n) is 2.48. The number of rotatable bonds is 11. The highest BCUT2D eigenvalue weighted by atomic mass is 16.5. The Labute approximate surface area is 95.1 Å². The summed E-state index contributed by atoms with van der Waals surface area (Å²) in [5.41, 5.74) is 0. The van der Waals surface area contributed by atoms with Crippen molar-refractivity contribution < 1.29 is 4.74 Å².